The summed E-state index contributed by atoms with van der Waals surface area (Å²) in [6.07, 6.45) is 0.894. The Balaban J connectivity index is 2.12. The number of aromatic nitrogens is 2. The van der Waals surface area contributed by atoms with Crippen LogP contribution < -0.4 is 10.3 Å². The van der Waals surface area contributed by atoms with Gasteiger partial charge in [-0.1, -0.05) is 0 Å². The lowest BCUT2D eigenvalue weighted by molar-refractivity contribution is 0.186. The van der Waals surface area contributed by atoms with Crippen LogP contribution in [0.1, 0.15) is 5.56 Å². The lowest BCUT2D eigenvalue weighted by Crippen LogP contribution is -2.16. The van der Waals surface area contributed by atoms with Crippen LogP contribution in [-0.2, 0) is 17.7 Å². The van der Waals surface area contributed by atoms with E-state index in [1.807, 2.05) is 16.7 Å². The van der Waals surface area contributed by atoms with Crippen molar-refractivity contribution in [3.05, 3.63) is 45.0 Å². The number of ether oxygens (including phenoxy) is 2. The van der Waals surface area contributed by atoms with Gasteiger partial charge in [0.1, 0.15) is 5.75 Å². The van der Waals surface area contributed by atoms with E-state index in [1.165, 1.54) is 0 Å². The molecule has 5 nitrogen and oxygen atoms in total. The number of benzene rings is 1. The first-order valence-corrected chi connectivity index (χ1v) is 7.19. The van der Waals surface area contributed by atoms with Crippen LogP contribution >= 0.6 is 12.2 Å². The second-order valence-electron chi connectivity index (χ2n) is 4.89. The molecule has 1 aliphatic rings. The Bertz CT molecular complexity index is 779. The number of aromatic amines is 1. The maximum Gasteiger partial charge on any atom is 0.252 e. The van der Waals surface area contributed by atoms with Gasteiger partial charge in [0.25, 0.3) is 5.56 Å². The summed E-state index contributed by atoms with van der Waals surface area (Å²) in [6, 6.07) is 7.54. The second-order valence-corrected chi connectivity index (χ2v) is 5.28. The Labute approximate surface area is 127 Å². The first kappa shape index (κ1) is 14.0. The fraction of sp³-hybridized carbons (Fsp3) is 0.333. The molecule has 6 heteroatoms. The Hall–Kier alpha value is -1.92. The molecule has 2 aromatic rings. The third-order valence-electron chi connectivity index (χ3n) is 3.54. The van der Waals surface area contributed by atoms with E-state index in [9.17, 15) is 4.79 Å². The predicted octanol–water partition coefficient (Wildman–Crippen LogP) is 2.15. The lowest BCUT2D eigenvalue weighted by atomic mass is 10.1. The third-order valence-corrected chi connectivity index (χ3v) is 3.86. The zero-order chi connectivity index (χ0) is 14.8. The molecule has 1 aliphatic heterocycles. The van der Waals surface area contributed by atoms with E-state index in [2.05, 4.69) is 11.1 Å². The van der Waals surface area contributed by atoms with Gasteiger partial charge in [-0.05, 0) is 41.5 Å². The SMILES string of the molecule is COCCn1c(-c2ccc3c(c2)CCO3)cc(=O)[nH]c1=S. The molecule has 110 valence electrons. The van der Waals surface area contributed by atoms with E-state index < -0.39 is 0 Å². The summed E-state index contributed by atoms with van der Waals surface area (Å²) < 4.78 is 12.9. The Kier molecular flexibility index (Phi) is 3.90. The normalized spacial score (nSPS) is 13.0. The van der Waals surface area contributed by atoms with E-state index in [0.29, 0.717) is 24.5 Å². The summed E-state index contributed by atoms with van der Waals surface area (Å²) in [5, 5.41) is 0. The molecular formula is C15H16N2O3S. The molecular weight excluding hydrogens is 288 g/mol. The smallest absolute Gasteiger partial charge is 0.252 e. The highest BCUT2D eigenvalue weighted by Crippen LogP contribution is 2.30. The number of methoxy groups -OCH3 is 1. The number of nitrogens with one attached hydrogen (secondary N) is 1. The molecule has 0 atom stereocenters. The van der Waals surface area contributed by atoms with Gasteiger partial charge >= 0.3 is 0 Å². The average Bonchev–Trinajstić information content (AvgIpc) is 2.93. The fourth-order valence-electron chi connectivity index (χ4n) is 2.51. The number of fused-ring (bicyclic) bond motifs is 1. The lowest BCUT2D eigenvalue weighted by Gasteiger charge is -2.13. The van der Waals surface area contributed by atoms with Crippen molar-refractivity contribution in [2.75, 3.05) is 20.3 Å². The summed E-state index contributed by atoms with van der Waals surface area (Å²) >= 11 is 5.27. The van der Waals surface area contributed by atoms with Crippen molar-refractivity contribution >= 4 is 12.2 Å². The molecule has 0 radical (unpaired) electrons. The van der Waals surface area contributed by atoms with Crippen LogP contribution in [0.2, 0.25) is 0 Å². The molecule has 1 aromatic heterocycles. The van der Waals surface area contributed by atoms with Crippen LogP contribution in [0.4, 0.5) is 0 Å². The van der Waals surface area contributed by atoms with Crippen molar-refractivity contribution in [1.29, 1.82) is 0 Å². The second kappa shape index (κ2) is 5.83. The van der Waals surface area contributed by atoms with Gasteiger partial charge in [-0.25, -0.2) is 0 Å². The summed E-state index contributed by atoms with van der Waals surface area (Å²) in [4.78, 5) is 14.4. The molecule has 0 bridgehead atoms. The maximum absolute atomic E-state index is 11.8. The van der Waals surface area contributed by atoms with E-state index in [-0.39, 0.29) is 5.56 Å². The highest BCUT2D eigenvalue weighted by Gasteiger charge is 2.14. The summed E-state index contributed by atoms with van der Waals surface area (Å²) in [5.41, 5.74) is 2.74. The molecule has 0 saturated heterocycles. The van der Waals surface area contributed by atoms with E-state index >= 15 is 0 Å². The van der Waals surface area contributed by atoms with Crippen LogP contribution in [0.5, 0.6) is 5.75 Å². The van der Waals surface area contributed by atoms with Gasteiger partial charge in [-0.2, -0.15) is 0 Å². The first-order valence-electron chi connectivity index (χ1n) is 6.78. The van der Waals surface area contributed by atoms with E-state index in [4.69, 9.17) is 21.7 Å². The summed E-state index contributed by atoms with van der Waals surface area (Å²) in [5.74, 6) is 0.922. The van der Waals surface area contributed by atoms with Gasteiger partial charge in [0.05, 0.1) is 18.9 Å². The van der Waals surface area contributed by atoms with Crippen molar-refractivity contribution in [2.24, 2.45) is 0 Å². The van der Waals surface area contributed by atoms with Crippen molar-refractivity contribution in [3.63, 3.8) is 0 Å². The third kappa shape index (κ3) is 2.77. The summed E-state index contributed by atoms with van der Waals surface area (Å²) in [6.45, 7) is 1.83. The fourth-order valence-corrected chi connectivity index (χ4v) is 2.80. The molecule has 0 aliphatic carbocycles. The Morgan fingerprint density at radius 2 is 2.29 bits per heavy atom. The number of rotatable bonds is 4. The zero-order valence-electron chi connectivity index (χ0n) is 11.7. The molecule has 21 heavy (non-hydrogen) atoms. The zero-order valence-corrected chi connectivity index (χ0v) is 12.5. The molecule has 0 saturated carbocycles. The molecule has 0 amide bonds. The molecule has 0 unspecified atom stereocenters. The van der Waals surface area contributed by atoms with Crippen molar-refractivity contribution in [1.82, 2.24) is 9.55 Å². The first-order chi connectivity index (χ1) is 10.2. The minimum atomic E-state index is -0.194. The Morgan fingerprint density at radius 3 is 3.10 bits per heavy atom. The van der Waals surface area contributed by atoms with Crippen molar-refractivity contribution in [3.8, 4) is 17.0 Å². The van der Waals surface area contributed by atoms with Gasteiger partial charge in [0.2, 0.25) is 0 Å². The monoisotopic (exact) mass is 304 g/mol. The minimum Gasteiger partial charge on any atom is -0.493 e. The van der Waals surface area contributed by atoms with Gasteiger partial charge in [0.15, 0.2) is 4.77 Å². The van der Waals surface area contributed by atoms with E-state index in [1.54, 1.807) is 13.2 Å². The van der Waals surface area contributed by atoms with Crippen LogP contribution in [-0.4, -0.2) is 29.9 Å². The molecule has 3 rings (SSSR count). The molecule has 2 heterocycles. The Morgan fingerprint density at radius 1 is 1.43 bits per heavy atom. The largest absolute Gasteiger partial charge is 0.493 e. The molecule has 0 fully saturated rings. The highest BCUT2D eigenvalue weighted by molar-refractivity contribution is 7.71. The molecule has 1 N–H and O–H groups in total. The summed E-state index contributed by atoms with van der Waals surface area (Å²) in [7, 11) is 1.64. The van der Waals surface area contributed by atoms with Crippen LogP contribution in [0.3, 0.4) is 0 Å². The van der Waals surface area contributed by atoms with Gasteiger partial charge in [-0.15, -0.1) is 0 Å². The van der Waals surface area contributed by atoms with Gasteiger partial charge in [-0.3, -0.25) is 9.78 Å². The number of nitrogens with zero attached hydrogens (tertiary/aromatic N) is 1. The van der Waals surface area contributed by atoms with Gasteiger partial charge < -0.3 is 14.0 Å². The van der Waals surface area contributed by atoms with Crippen LogP contribution in [0, 0.1) is 4.77 Å². The molecule has 1 aromatic carbocycles. The predicted molar refractivity (Wildman–Crippen MR) is 82.4 cm³/mol. The maximum atomic E-state index is 11.8. The number of H-pyrrole nitrogens is 1. The van der Waals surface area contributed by atoms with Crippen LogP contribution in [0.25, 0.3) is 11.3 Å². The average molecular weight is 304 g/mol. The topological polar surface area (TPSA) is 56.2 Å². The van der Waals surface area contributed by atoms with Crippen molar-refractivity contribution < 1.29 is 9.47 Å². The van der Waals surface area contributed by atoms with E-state index in [0.717, 1.165) is 29.0 Å². The van der Waals surface area contributed by atoms with Crippen molar-refractivity contribution in [2.45, 2.75) is 13.0 Å². The molecule has 0 spiro atoms. The van der Waals surface area contributed by atoms with Gasteiger partial charge in [0, 0.05) is 26.1 Å². The quantitative estimate of drug-likeness (QED) is 0.880. The number of hydrogen-bond donors (Lipinski definition) is 1. The highest BCUT2D eigenvalue weighted by atomic mass is 32.1. The minimum absolute atomic E-state index is 0.194. The standard InChI is InChI=1S/C15H16N2O3S/c1-19-7-5-17-12(9-14(18)16-15(17)21)10-2-3-13-11(8-10)4-6-20-13/h2-3,8-9H,4-7H2,1H3,(H,16,18,21). The van der Waals surface area contributed by atoms with Crippen LogP contribution in [0.15, 0.2) is 29.1 Å². The number of hydrogen-bond acceptors (Lipinski definition) is 4.